The van der Waals surface area contributed by atoms with E-state index in [1.165, 1.54) is 6.20 Å². The summed E-state index contributed by atoms with van der Waals surface area (Å²) in [6.45, 7) is 0. The Morgan fingerprint density at radius 1 is 1.89 bits per heavy atom. The van der Waals surface area contributed by atoms with Crippen LogP contribution in [0.1, 0.15) is 2.74 Å². The zero-order valence-corrected chi connectivity index (χ0v) is 6.13. The fourth-order valence-electron chi connectivity index (χ4n) is 0.450. The first kappa shape index (κ1) is 4.28. The largest absolute Gasteiger partial charge is 0.494 e. The number of hydrogen-bond donors (Lipinski definition) is 0. The first-order valence-corrected chi connectivity index (χ1v) is 3.10. The van der Waals surface area contributed by atoms with E-state index in [0.717, 1.165) is 0 Å². The third kappa shape index (κ3) is 1.42. The SMILES string of the molecule is [2H]C([2H])Oc1cnccc1Br. The molecule has 1 aromatic rings. The van der Waals surface area contributed by atoms with Gasteiger partial charge in [0.25, 0.3) is 0 Å². The van der Waals surface area contributed by atoms with Crippen LogP contribution in [0.15, 0.2) is 22.9 Å². The van der Waals surface area contributed by atoms with Gasteiger partial charge in [0.05, 0.1) is 20.5 Å². The van der Waals surface area contributed by atoms with Gasteiger partial charge in [-0.2, -0.15) is 0 Å². The van der Waals surface area contributed by atoms with Crippen molar-refractivity contribution < 1.29 is 7.48 Å². The molecule has 0 saturated carbocycles. The van der Waals surface area contributed by atoms with E-state index in [1.807, 2.05) is 0 Å². The third-order valence-corrected chi connectivity index (χ3v) is 1.52. The summed E-state index contributed by atoms with van der Waals surface area (Å²) in [6.07, 6.45) is 3.06. The Kier molecular flexibility index (Phi) is 1.34. The molecule has 0 aliphatic carbocycles. The van der Waals surface area contributed by atoms with Gasteiger partial charge in [0.15, 0.2) is 5.75 Å². The normalized spacial score (nSPS) is 12.7. The van der Waals surface area contributed by atoms with Crippen molar-refractivity contribution in [1.29, 1.82) is 0 Å². The van der Waals surface area contributed by atoms with Gasteiger partial charge in [-0.1, -0.05) is 0 Å². The molecule has 0 N–H and O–H groups in total. The highest BCUT2D eigenvalue weighted by Gasteiger charge is 1.94. The van der Waals surface area contributed by atoms with Gasteiger partial charge < -0.3 is 4.74 Å². The molecule has 1 heterocycles. The fourth-order valence-corrected chi connectivity index (χ4v) is 0.764. The van der Waals surface area contributed by atoms with E-state index in [2.05, 4.69) is 20.9 Å². The summed E-state index contributed by atoms with van der Waals surface area (Å²) in [5.74, 6) is 0.419. The zero-order chi connectivity index (χ0) is 8.27. The van der Waals surface area contributed by atoms with Crippen LogP contribution in [0.2, 0.25) is 0 Å². The smallest absolute Gasteiger partial charge is 0.151 e. The average Bonchev–Trinajstić information content (AvgIpc) is 1.93. The molecule has 1 aromatic heterocycles. The van der Waals surface area contributed by atoms with Crippen molar-refractivity contribution in [2.24, 2.45) is 0 Å². The van der Waals surface area contributed by atoms with Gasteiger partial charge in [0.2, 0.25) is 0 Å². The van der Waals surface area contributed by atoms with Gasteiger partial charge in [-0.05, 0) is 22.0 Å². The molecular weight excluding hydrogens is 182 g/mol. The van der Waals surface area contributed by atoms with Crippen LogP contribution >= 0.6 is 15.9 Å². The van der Waals surface area contributed by atoms with E-state index in [9.17, 15) is 0 Å². The van der Waals surface area contributed by atoms with Gasteiger partial charge >= 0.3 is 0 Å². The van der Waals surface area contributed by atoms with E-state index in [-0.39, 0.29) is 0 Å². The monoisotopic (exact) mass is 189 g/mol. The molecule has 0 atom stereocenters. The minimum absolute atomic E-state index is 0.419. The first-order valence-electron chi connectivity index (χ1n) is 3.46. The van der Waals surface area contributed by atoms with Gasteiger partial charge in [0, 0.05) is 6.20 Å². The summed E-state index contributed by atoms with van der Waals surface area (Å²) in [5, 5.41) is 0. The molecule has 0 amide bonds. The highest BCUT2D eigenvalue weighted by molar-refractivity contribution is 9.10. The maximum Gasteiger partial charge on any atom is 0.151 e. The van der Waals surface area contributed by atoms with E-state index in [0.29, 0.717) is 10.2 Å². The first-order chi connectivity index (χ1) is 5.20. The van der Waals surface area contributed by atoms with Crippen LogP contribution in [-0.2, 0) is 0 Å². The van der Waals surface area contributed by atoms with Gasteiger partial charge in [-0.3, -0.25) is 4.98 Å². The van der Waals surface area contributed by atoms with Crippen LogP contribution in [-0.4, -0.2) is 12.0 Å². The molecular formula is C6H6BrNO. The average molecular weight is 190 g/mol. The molecule has 1 rings (SSSR count). The number of halogens is 1. The van der Waals surface area contributed by atoms with Crippen LogP contribution in [0, 0.1) is 0 Å². The van der Waals surface area contributed by atoms with Crippen molar-refractivity contribution >= 4 is 15.9 Å². The molecule has 3 heteroatoms. The second-order valence-corrected chi connectivity index (χ2v) is 2.28. The van der Waals surface area contributed by atoms with Crippen molar-refractivity contribution in [2.75, 3.05) is 7.06 Å². The Bertz CT molecular complexity index is 244. The molecule has 0 unspecified atom stereocenters. The molecule has 0 aromatic carbocycles. The van der Waals surface area contributed by atoms with Crippen LogP contribution in [0.5, 0.6) is 5.75 Å². The molecule has 48 valence electrons. The Balaban J connectivity index is 2.78. The lowest BCUT2D eigenvalue weighted by atomic mass is 10.5. The van der Waals surface area contributed by atoms with Gasteiger partial charge in [0.1, 0.15) is 0 Å². The maximum absolute atomic E-state index is 6.81. The number of methoxy groups -OCH3 is 1. The number of rotatable bonds is 1. The van der Waals surface area contributed by atoms with Crippen LogP contribution in [0.4, 0.5) is 0 Å². The second-order valence-electron chi connectivity index (χ2n) is 1.42. The Morgan fingerprint density at radius 2 is 2.78 bits per heavy atom. The van der Waals surface area contributed by atoms with Crippen LogP contribution in [0.25, 0.3) is 0 Å². The van der Waals surface area contributed by atoms with Gasteiger partial charge in [-0.25, -0.2) is 0 Å². The number of ether oxygens (including phenoxy) is 1. The molecule has 0 spiro atoms. The Morgan fingerprint density at radius 3 is 3.44 bits per heavy atom. The fraction of sp³-hybridized carbons (Fsp3) is 0.167. The topological polar surface area (TPSA) is 22.1 Å². The summed E-state index contributed by atoms with van der Waals surface area (Å²) in [4.78, 5) is 3.78. The van der Waals surface area contributed by atoms with Crippen LogP contribution in [0.3, 0.4) is 0 Å². The number of aromatic nitrogens is 1. The Labute approximate surface area is 64.8 Å². The van der Waals surface area contributed by atoms with E-state index in [1.54, 1.807) is 12.3 Å². The molecule has 0 aliphatic heterocycles. The van der Waals surface area contributed by atoms with Crippen molar-refractivity contribution in [3.8, 4) is 5.75 Å². The van der Waals surface area contributed by atoms with Crippen molar-refractivity contribution in [3.05, 3.63) is 22.9 Å². The molecule has 0 fully saturated rings. The molecule has 0 aliphatic rings. The zero-order valence-electron chi connectivity index (χ0n) is 6.54. The van der Waals surface area contributed by atoms with Crippen molar-refractivity contribution in [2.45, 2.75) is 0 Å². The second kappa shape index (κ2) is 2.82. The highest BCUT2D eigenvalue weighted by atomic mass is 79.9. The molecule has 2 nitrogen and oxygen atoms in total. The van der Waals surface area contributed by atoms with E-state index in [4.69, 9.17) is 7.48 Å². The molecule has 0 radical (unpaired) electrons. The van der Waals surface area contributed by atoms with E-state index < -0.39 is 7.06 Å². The standard InChI is InChI=1S/C6H6BrNO/c1-9-6-4-8-3-2-5(6)7/h2-4H,1H3/i1D2. The minimum Gasteiger partial charge on any atom is -0.494 e. The summed E-state index contributed by atoms with van der Waals surface area (Å²) in [5.41, 5.74) is 0. The van der Waals surface area contributed by atoms with Crippen LogP contribution < -0.4 is 4.74 Å². The lowest BCUT2D eigenvalue weighted by Crippen LogP contribution is -1.83. The number of nitrogens with zero attached hydrogens (tertiary/aromatic N) is 1. The molecule has 9 heavy (non-hydrogen) atoms. The molecule has 0 saturated heterocycles. The highest BCUT2D eigenvalue weighted by Crippen LogP contribution is 2.21. The Hall–Kier alpha value is -0.570. The van der Waals surface area contributed by atoms with Gasteiger partial charge in [-0.15, -0.1) is 0 Å². The lowest BCUT2D eigenvalue weighted by molar-refractivity contribution is 0.410. The minimum atomic E-state index is -1.31. The molecule has 0 bridgehead atoms. The number of hydrogen-bond acceptors (Lipinski definition) is 2. The summed E-state index contributed by atoms with van der Waals surface area (Å²) < 4.78 is 19.1. The summed E-state index contributed by atoms with van der Waals surface area (Å²) in [7, 11) is -1.31. The summed E-state index contributed by atoms with van der Waals surface area (Å²) >= 11 is 3.19. The lowest BCUT2D eigenvalue weighted by Gasteiger charge is -1.98. The van der Waals surface area contributed by atoms with E-state index >= 15 is 0 Å². The third-order valence-electron chi connectivity index (χ3n) is 0.861. The van der Waals surface area contributed by atoms with Crippen molar-refractivity contribution in [3.63, 3.8) is 0 Å². The maximum atomic E-state index is 6.81. The van der Waals surface area contributed by atoms with Crippen molar-refractivity contribution in [1.82, 2.24) is 4.98 Å². The summed E-state index contributed by atoms with van der Waals surface area (Å²) in [6, 6.07) is 1.69. The number of pyridine rings is 1. The quantitative estimate of drug-likeness (QED) is 0.674. The predicted molar refractivity (Wildman–Crippen MR) is 38.5 cm³/mol. The predicted octanol–water partition coefficient (Wildman–Crippen LogP) is 1.85.